The molecule has 0 amide bonds. The third kappa shape index (κ3) is 6.75. The zero-order chi connectivity index (χ0) is 18.2. The number of benzene rings is 1. The highest BCUT2D eigenvalue weighted by Crippen LogP contribution is 2.17. The molecule has 1 aromatic carbocycles. The third-order valence-electron chi connectivity index (χ3n) is 4.18. The highest BCUT2D eigenvalue weighted by Gasteiger charge is 2.10. The van der Waals surface area contributed by atoms with Gasteiger partial charge in [0.1, 0.15) is 5.01 Å². The SMILES string of the molecule is CCNC(=NCc1nc(C)c(C)s1)NCC(C)N(C)c1ccccc1.I. The summed E-state index contributed by atoms with van der Waals surface area (Å²) in [7, 11) is 2.12. The van der Waals surface area contributed by atoms with Crippen LogP contribution in [0.3, 0.4) is 0 Å². The largest absolute Gasteiger partial charge is 0.370 e. The molecule has 0 radical (unpaired) electrons. The Hall–Kier alpha value is -1.35. The van der Waals surface area contributed by atoms with Gasteiger partial charge in [0.25, 0.3) is 0 Å². The number of hydrogen-bond donors (Lipinski definition) is 2. The summed E-state index contributed by atoms with van der Waals surface area (Å²) in [5.74, 6) is 0.835. The molecular formula is C19H30IN5S. The van der Waals surface area contributed by atoms with Crippen LogP contribution in [-0.2, 0) is 6.54 Å². The van der Waals surface area contributed by atoms with Crippen LogP contribution in [0.5, 0.6) is 0 Å². The van der Waals surface area contributed by atoms with E-state index >= 15 is 0 Å². The van der Waals surface area contributed by atoms with Crippen molar-refractivity contribution in [2.75, 3.05) is 25.0 Å². The summed E-state index contributed by atoms with van der Waals surface area (Å²) in [6, 6.07) is 10.8. The highest BCUT2D eigenvalue weighted by atomic mass is 127. The minimum Gasteiger partial charge on any atom is -0.370 e. The summed E-state index contributed by atoms with van der Waals surface area (Å²) < 4.78 is 0. The van der Waals surface area contributed by atoms with Crippen molar-refractivity contribution in [1.82, 2.24) is 15.6 Å². The molecule has 0 aliphatic carbocycles. The monoisotopic (exact) mass is 487 g/mol. The Kier molecular flexibility index (Phi) is 9.93. The Balaban J connectivity index is 0.00000338. The van der Waals surface area contributed by atoms with Crippen LogP contribution >= 0.6 is 35.3 Å². The summed E-state index contributed by atoms with van der Waals surface area (Å²) in [6.45, 7) is 10.7. The average molecular weight is 487 g/mol. The van der Waals surface area contributed by atoms with Gasteiger partial charge in [0.05, 0.1) is 12.2 Å². The first kappa shape index (κ1) is 22.7. The van der Waals surface area contributed by atoms with Gasteiger partial charge in [0.2, 0.25) is 0 Å². The molecule has 0 saturated heterocycles. The summed E-state index contributed by atoms with van der Waals surface area (Å²) in [6.07, 6.45) is 0. The highest BCUT2D eigenvalue weighted by molar-refractivity contribution is 14.0. The lowest BCUT2D eigenvalue weighted by atomic mass is 10.2. The maximum absolute atomic E-state index is 4.67. The number of anilines is 1. The predicted molar refractivity (Wildman–Crippen MR) is 124 cm³/mol. The van der Waals surface area contributed by atoms with Crippen LogP contribution in [0, 0.1) is 13.8 Å². The molecule has 2 rings (SSSR count). The van der Waals surface area contributed by atoms with E-state index in [0.717, 1.165) is 29.8 Å². The minimum atomic E-state index is 0. The van der Waals surface area contributed by atoms with Gasteiger partial charge < -0.3 is 15.5 Å². The number of likely N-dealkylation sites (N-methyl/N-ethyl adjacent to an activating group) is 1. The topological polar surface area (TPSA) is 52.6 Å². The number of para-hydroxylation sites is 1. The van der Waals surface area contributed by atoms with E-state index in [-0.39, 0.29) is 24.0 Å². The van der Waals surface area contributed by atoms with Crippen LogP contribution in [0.15, 0.2) is 35.3 Å². The number of guanidine groups is 1. The van der Waals surface area contributed by atoms with Crippen LogP contribution in [-0.4, -0.2) is 37.1 Å². The standard InChI is InChI=1S/C19H29N5S.HI/c1-6-20-19(22-13-18-23-15(3)16(4)25-18)21-12-14(2)24(5)17-10-8-7-9-11-17;/h7-11,14H,6,12-13H2,1-5H3,(H2,20,21,22);1H. The zero-order valence-electron chi connectivity index (χ0n) is 16.2. The maximum atomic E-state index is 4.67. The number of nitrogens with zero attached hydrogens (tertiary/aromatic N) is 3. The van der Waals surface area contributed by atoms with Crippen molar-refractivity contribution in [3.63, 3.8) is 0 Å². The van der Waals surface area contributed by atoms with E-state index in [1.165, 1.54) is 10.6 Å². The minimum absolute atomic E-state index is 0. The quantitative estimate of drug-likeness (QED) is 0.353. The Morgan fingerprint density at radius 1 is 1.23 bits per heavy atom. The van der Waals surface area contributed by atoms with Gasteiger partial charge in [0.15, 0.2) is 5.96 Å². The smallest absolute Gasteiger partial charge is 0.191 e. The summed E-state index contributed by atoms with van der Waals surface area (Å²) in [5.41, 5.74) is 2.32. The molecule has 0 fully saturated rings. The summed E-state index contributed by atoms with van der Waals surface area (Å²) >= 11 is 1.72. The van der Waals surface area contributed by atoms with E-state index in [2.05, 4.69) is 77.6 Å². The summed E-state index contributed by atoms with van der Waals surface area (Å²) in [4.78, 5) is 12.8. The number of halogens is 1. The van der Waals surface area contributed by atoms with E-state index in [1.54, 1.807) is 11.3 Å². The Morgan fingerprint density at radius 2 is 1.92 bits per heavy atom. The molecule has 0 spiro atoms. The van der Waals surface area contributed by atoms with Gasteiger partial charge in [-0.25, -0.2) is 9.98 Å². The van der Waals surface area contributed by atoms with E-state index in [4.69, 9.17) is 0 Å². The van der Waals surface area contributed by atoms with Crippen molar-refractivity contribution in [3.8, 4) is 0 Å². The molecule has 26 heavy (non-hydrogen) atoms. The molecule has 0 aliphatic heterocycles. The fraction of sp³-hybridized carbons (Fsp3) is 0.474. The fourth-order valence-corrected chi connectivity index (χ4v) is 3.25. The second kappa shape index (κ2) is 11.4. The number of hydrogen-bond acceptors (Lipinski definition) is 4. The van der Waals surface area contributed by atoms with Crippen molar-refractivity contribution in [1.29, 1.82) is 0 Å². The molecule has 1 unspecified atom stereocenters. The van der Waals surface area contributed by atoms with Crippen LogP contribution in [0.25, 0.3) is 0 Å². The van der Waals surface area contributed by atoms with Crippen molar-refractivity contribution in [2.24, 2.45) is 4.99 Å². The van der Waals surface area contributed by atoms with Crippen LogP contribution in [0.2, 0.25) is 0 Å². The van der Waals surface area contributed by atoms with Crippen molar-refractivity contribution in [3.05, 3.63) is 45.9 Å². The lowest BCUT2D eigenvalue weighted by Gasteiger charge is -2.27. The Labute approximate surface area is 178 Å². The van der Waals surface area contributed by atoms with E-state index in [9.17, 15) is 0 Å². The first-order chi connectivity index (χ1) is 12.0. The number of thiazole rings is 1. The first-order valence-electron chi connectivity index (χ1n) is 8.74. The molecule has 0 aliphatic rings. The van der Waals surface area contributed by atoms with Gasteiger partial charge in [0, 0.05) is 36.7 Å². The van der Waals surface area contributed by atoms with Gasteiger partial charge in [-0.05, 0) is 39.8 Å². The van der Waals surface area contributed by atoms with Gasteiger partial charge in [-0.1, -0.05) is 18.2 Å². The molecule has 7 heteroatoms. The van der Waals surface area contributed by atoms with Crippen LogP contribution < -0.4 is 15.5 Å². The van der Waals surface area contributed by atoms with Crippen LogP contribution in [0.1, 0.15) is 29.4 Å². The van der Waals surface area contributed by atoms with Gasteiger partial charge in [-0.2, -0.15) is 0 Å². The average Bonchev–Trinajstić information content (AvgIpc) is 2.95. The molecule has 2 aromatic rings. The molecule has 1 heterocycles. The molecular weight excluding hydrogens is 457 g/mol. The molecule has 1 atom stereocenters. The molecule has 144 valence electrons. The molecule has 5 nitrogen and oxygen atoms in total. The van der Waals surface area contributed by atoms with E-state index in [0.29, 0.717) is 12.6 Å². The first-order valence-corrected chi connectivity index (χ1v) is 9.55. The van der Waals surface area contributed by atoms with Gasteiger partial charge in [-0.15, -0.1) is 35.3 Å². The fourth-order valence-electron chi connectivity index (χ4n) is 2.39. The zero-order valence-corrected chi connectivity index (χ0v) is 19.4. The Morgan fingerprint density at radius 3 is 2.50 bits per heavy atom. The second-order valence-electron chi connectivity index (χ2n) is 6.12. The van der Waals surface area contributed by atoms with Gasteiger partial charge >= 0.3 is 0 Å². The van der Waals surface area contributed by atoms with Crippen molar-refractivity contribution < 1.29 is 0 Å². The summed E-state index contributed by atoms with van der Waals surface area (Å²) in [5, 5.41) is 7.80. The van der Waals surface area contributed by atoms with Crippen LogP contribution in [0.4, 0.5) is 5.69 Å². The maximum Gasteiger partial charge on any atom is 0.191 e. The lowest BCUT2D eigenvalue weighted by molar-refractivity contribution is 0.649. The van der Waals surface area contributed by atoms with Crippen molar-refractivity contribution >= 4 is 47.0 Å². The van der Waals surface area contributed by atoms with E-state index < -0.39 is 0 Å². The number of nitrogens with one attached hydrogen (secondary N) is 2. The van der Waals surface area contributed by atoms with Gasteiger partial charge in [-0.3, -0.25) is 0 Å². The number of rotatable bonds is 7. The Bertz CT molecular complexity index is 667. The normalized spacial score (nSPS) is 12.3. The molecule has 0 saturated carbocycles. The molecule has 2 N–H and O–H groups in total. The lowest BCUT2D eigenvalue weighted by Crippen LogP contribution is -2.45. The second-order valence-corrected chi connectivity index (χ2v) is 7.41. The van der Waals surface area contributed by atoms with Crippen molar-refractivity contribution in [2.45, 2.75) is 40.3 Å². The van der Waals surface area contributed by atoms with E-state index in [1.807, 2.05) is 13.0 Å². The number of aromatic nitrogens is 1. The number of aliphatic imine (C=N–C) groups is 1. The molecule has 0 bridgehead atoms. The number of aryl methyl sites for hydroxylation is 2. The predicted octanol–water partition coefficient (Wildman–Crippen LogP) is 3.96. The molecule has 1 aromatic heterocycles. The third-order valence-corrected chi connectivity index (χ3v) is 5.24.